The Balaban J connectivity index is 0.00000176. The standard InChI is InChI=1S/C16H22FN3O.ClH/c17-12-2-1-3-13(8-12)19-16(21)6-7-20-9-11-4-5-15(18)14(11)10-20;/h1-3,8,11,14-15H,4-7,9-10,18H2,(H,19,21);1H. The Labute approximate surface area is 136 Å². The number of rotatable bonds is 4. The van der Waals surface area contributed by atoms with Gasteiger partial charge in [0.05, 0.1) is 0 Å². The van der Waals surface area contributed by atoms with Crippen LogP contribution in [0.15, 0.2) is 24.3 Å². The number of carbonyl (C=O) groups excluding carboxylic acids is 1. The monoisotopic (exact) mass is 327 g/mol. The molecule has 3 N–H and O–H groups in total. The van der Waals surface area contributed by atoms with Crippen LogP contribution in [-0.2, 0) is 4.79 Å². The van der Waals surface area contributed by atoms with Crippen LogP contribution in [0, 0.1) is 17.7 Å². The number of nitrogens with one attached hydrogen (secondary N) is 1. The second kappa shape index (κ2) is 7.40. The van der Waals surface area contributed by atoms with E-state index in [-0.39, 0.29) is 24.1 Å². The maximum absolute atomic E-state index is 13.0. The molecule has 1 aromatic rings. The third kappa shape index (κ3) is 3.97. The van der Waals surface area contributed by atoms with Crippen molar-refractivity contribution in [3.05, 3.63) is 30.1 Å². The van der Waals surface area contributed by atoms with Gasteiger partial charge in [0, 0.05) is 37.8 Å². The van der Waals surface area contributed by atoms with Crippen molar-refractivity contribution in [2.45, 2.75) is 25.3 Å². The van der Waals surface area contributed by atoms with Crippen molar-refractivity contribution in [1.29, 1.82) is 0 Å². The molecule has 1 aliphatic heterocycles. The minimum absolute atomic E-state index is 0. The van der Waals surface area contributed by atoms with E-state index in [1.807, 2.05) is 0 Å². The molecule has 1 amide bonds. The van der Waals surface area contributed by atoms with Crippen LogP contribution in [0.1, 0.15) is 19.3 Å². The number of anilines is 1. The maximum Gasteiger partial charge on any atom is 0.225 e. The van der Waals surface area contributed by atoms with E-state index in [2.05, 4.69) is 10.2 Å². The van der Waals surface area contributed by atoms with Gasteiger partial charge in [-0.15, -0.1) is 12.4 Å². The van der Waals surface area contributed by atoms with E-state index in [9.17, 15) is 9.18 Å². The summed E-state index contributed by atoms with van der Waals surface area (Å²) in [6.07, 6.45) is 2.80. The molecule has 0 spiro atoms. The molecule has 4 nitrogen and oxygen atoms in total. The number of hydrogen-bond donors (Lipinski definition) is 2. The predicted octanol–water partition coefficient (Wildman–Crippen LogP) is 2.25. The second-order valence-corrected chi connectivity index (χ2v) is 6.23. The highest BCUT2D eigenvalue weighted by Crippen LogP contribution is 2.36. The molecule has 1 aromatic carbocycles. The Morgan fingerprint density at radius 2 is 2.18 bits per heavy atom. The Morgan fingerprint density at radius 3 is 2.91 bits per heavy atom. The number of halogens is 2. The van der Waals surface area contributed by atoms with E-state index < -0.39 is 0 Å². The summed E-state index contributed by atoms with van der Waals surface area (Å²) in [7, 11) is 0. The van der Waals surface area contributed by atoms with Gasteiger partial charge >= 0.3 is 0 Å². The summed E-state index contributed by atoms with van der Waals surface area (Å²) in [6.45, 7) is 2.82. The lowest BCUT2D eigenvalue weighted by atomic mass is 9.98. The van der Waals surface area contributed by atoms with Gasteiger partial charge in [-0.1, -0.05) is 6.07 Å². The molecule has 3 atom stereocenters. The van der Waals surface area contributed by atoms with E-state index in [4.69, 9.17) is 5.73 Å². The summed E-state index contributed by atoms with van der Waals surface area (Å²) in [5.41, 5.74) is 6.63. The molecular formula is C16H23ClFN3O. The van der Waals surface area contributed by atoms with Crippen LogP contribution in [0.5, 0.6) is 0 Å². The van der Waals surface area contributed by atoms with Crippen LogP contribution >= 0.6 is 12.4 Å². The summed E-state index contributed by atoms with van der Waals surface area (Å²) in [4.78, 5) is 14.2. The molecule has 3 rings (SSSR count). The number of amides is 1. The SMILES string of the molecule is Cl.NC1CCC2CN(CCC(=O)Nc3cccc(F)c3)CC12. The van der Waals surface area contributed by atoms with E-state index >= 15 is 0 Å². The van der Waals surface area contributed by atoms with Crippen molar-refractivity contribution < 1.29 is 9.18 Å². The van der Waals surface area contributed by atoms with Crippen LogP contribution in [0.25, 0.3) is 0 Å². The fourth-order valence-electron chi connectivity index (χ4n) is 3.63. The molecule has 1 aliphatic carbocycles. The third-order valence-electron chi connectivity index (χ3n) is 4.75. The van der Waals surface area contributed by atoms with Crippen molar-refractivity contribution in [3.63, 3.8) is 0 Å². The lowest BCUT2D eigenvalue weighted by Crippen LogP contribution is -2.31. The first-order valence-corrected chi connectivity index (χ1v) is 7.65. The van der Waals surface area contributed by atoms with Gasteiger partial charge in [0.15, 0.2) is 0 Å². The average molecular weight is 328 g/mol. The van der Waals surface area contributed by atoms with E-state index in [0.717, 1.165) is 26.1 Å². The molecule has 122 valence electrons. The molecule has 1 saturated carbocycles. The number of nitrogens with two attached hydrogens (primary N) is 1. The van der Waals surface area contributed by atoms with Crippen molar-refractivity contribution in [2.75, 3.05) is 25.0 Å². The Bertz CT molecular complexity index is 528. The summed E-state index contributed by atoms with van der Waals surface area (Å²) in [6, 6.07) is 6.31. The average Bonchev–Trinajstić information content (AvgIpc) is 2.99. The lowest BCUT2D eigenvalue weighted by Gasteiger charge is -2.18. The van der Waals surface area contributed by atoms with Gasteiger partial charge in [0.1, 0.15) is 5.82 Å². The maximum atomic E-state index is 13.0. The van der Waals surface area contributed by atoms with Gasteiger partial charge in [-0.2, -0.15) is 0 Å². The minimum Gasteiger partial charge on any atom is -0.327 e. The second-order valence-electron chi connectivity index (χ2n) is 6.23. The molecule has 1 saturated heterocycles. The number of carbonyl (C=O) groups is 1. The topological polar surface area (TPSA) is 58.4 Å². The molecule has 0 aromatic heterocycles. The number of benzene rings is 1. The van der Waals surface area contributed by atoms with Crippen LogP contribution in [0.2, 0.25) is 0 Å². The van der Waals surface area contributed by atoms with Gasteiger partial charge in [0.25, 0.3) is 0 Å². The summed E-state index contributed by atoms with van der Waals surface area (Å²) < 4.78 is 13.0. The van der Waals surface area contributed by atoms with Crippen molar-refractivity contribution in [2.24, 2.45) is 17.6 Å². The van der Waals surface area contributed by atoms with Gasteiger partial charge < -0.3 is 16.0 Å². The van der Waals surface area contributed by atoms with Crippen molar-refractivity contribution in [1.82, 2.24) is 4.90 Å². The van der Waals surface area contributed by atoms with Gasteiger partial charge in [-0.3, -0.25) is 4.79 Å². The highest BCUT2D eigenvalue weighted by molar-refractivity contribution is 5.90. The Morgan fingerprint density at radius 1 is 1.36 bits per heavy atom. The molecule has 22 heavy (non-hydrogen) atoms. The Kier molecular flexibility index (Phi) is 5.78. The smallest absolute Gasteiger partial charge is 0.225 e. The molecular weight excluding hydrogens is 305 g/mol. The van der Waals surface area contributed by atoms with Crippen LogP contribution in [-0.4, -0.2) is 36.5 Å². The highest BCUT2D eigenvalue weighted by Gasteiger charge is 2.40. The lowest BCUT2D eigenvalue weighted by molar-refractivity contribution is -0.116. The number of likely N-dealkylation sites (tertiary alicyclic amines) is 1. The fraction of sp³-hybridized carbons (Fsp3) is 0.562. The van der Waals surface area contributed by atoms with Crippen molar-refractivity contribution in [3.8, 4) is 0 Å². The third-order valence-corrected chi connectivity index (χ3v) is 4.75. The first-order valence-electron chi connectivity index (χ1n) is 7.65. The predicted molar refractivity (Wildman–Crippen MR) is 87.5 cm³/mol. The summed E-state index contributed by atoms with van der Waals surface area (Å²) in [5.74, 6) is 0.915. The fourth-order valence-corrected chi connectivity index (χ4v) is 3.63. The quantitative estimate of drug-likeness (QED) is 0.891. The summed E-state index contributed by atoms with van der Waals surface area (Å²) in [5, 5.41) is 2.74. The molecule has 2 aliphatic rings. The molecule has 2 fully saturated rings. The van der Waals surface area contributed by atoms with E-state index in [0.29, 0.717) is 30.0 Å². The van der Waals surface area contributed by atoms with Gasteiger partial charge in [-0.05, 0) is 42.9 Å². The largest absolute Gasteiger partial charge is 0.327 e. The molecule has 0 radical (unpaired) electrons. The zero-order chi connectivity index (χ0) is 14.8. The number of fused-ring (bicyclic) bond motifs is 1. The highest BCUT2D eigenvalue weighted by atomic mass is 35.5. The zero-order valence-corrected chi connectivity index (χ0v) is 13.3. The van der Waals surface area contributed by atoms with Crippen LogP contribution in [0.3, 0.4) is 0 Å². The molecule has 1 heterocycles. The van der Waals surface area contributed by atoms with Crippen LogP contribution in [0.4, 0.5) is 10.1 Å². The first kappa shape index (κ1) is 17.2. The van der Waals surface area contributed by atoms with Crippen LogP contribution < -0.4 is 11.1 Å². The molecule has 0 bridgehead atoms. The normalized spacial score (nSPS) is 27.3. The van der Waals surface area contributed by atoms with E-state index in [1.165, 1.54) is 18.6 Å². The molecule has 3 unspecified atom stereocenters. The first-order chi connectivity index (χ1) is 10.1. The molecule has 6 heteroatoms. The Hall–Kier alpha value is -1.17. The van der Waals surface area contributed by atoms with E-state index in [1.54, 1.807) is 12.1 Å². The number of nitrogens with zero attached hydrogens (tertiary/aromatic N) is 1. The van der Waals surface area contributed by atoms with Gasteiger partial charge in [-0.25, -0.2) is 4.39 Å². The van der Waals surface area contributed by atoms with Crippen molar-refractivity contribution >= 4 is 24.0 Å². The number of hydrogen-bond acceptors (Lipinski definition) is 3. The summed E-state index contributed by atoms with van der Waals surface area (Å²) >= 11 is 0. The zero-order valence-electron chi connectivity index (χ0n) is 12.5. The minimum atomic E-state index is -0.339. The van der Waals surface area contributed by atoms with Gasteiger partial charge in [0.2, 0.25) is 5.91 Å².